The Bertz CT molecular complexity index is 719. The van der Waals surface area contributed by atoms with Gasteiger partial charge in [0, 0.05) is 19.7 Å². The number of aryl methyl sites for hydroxylation is 1. The summed E-state index contributed by atoms with van der Waals surface area (Å²) in [6.45, 7) is 1.57. The van der Waals surface area contributed by atoms with E-state index in [1.807, 2.05) is 30.4 Å². The van der Waals surface area contributed by atoms with E-state index < -0.39 is 0 Å². The van der Waals surface area contributed by atoms with Crippen LogP contribution in [0, 0.1) is 0 Å². The van der Waals surface area contributed by atoms with Crippen LogP contribution in [-0.2, 0) is 11.8 Å². The Morgan fingerprint density at radius 2 is 2.25 bits per heavy atom. The van der Waals surface area contributed by atoms with Gasteiger partial charge in [-0.3, -0.25) is 9.59 Å². The molecule has 0 fully saturated rings. The van der Waals surface area contributed by atoms with Crippen LogP contribution >= 0.6 is 11.8 Å². The van der Waals surface area contributed by atoms with E-state index in [1.165, 1.54) is 22.7 Å². The average Bonchev–Trinajstić information content (AvgIpc) is 2.42. The molecule has 1 aromatic heterocycles. The maximum atomic E-state index is 12.0. The van der Waals surface area contributed by atoms with E-state index in [4.69, 9.17) is 0 Å². The smallest absolute Gasteiger partial charge is 0.260 e. The highest BCUT2D eigenvalue weighted by molar-refractivity contribution is 8.13. The highest BCUT2D eigenvalue weighted by Crippen LogP contribution is 2.12. The Balaban J connectivity index is 2.15. The molecule has 20 heavy (non-hydrogen) atoms. The van der Waals surface area contributed by atoms with Gasteiger partial charge < -0.3 is 4.57 Å². The number of benzene rings is 1. The molecule has 0 radical (unpaired) electrons. The molecule has 2 rings (SSSR count). The van der Waals surface area contributed by atoms with Gasteiger partial charge >= 0.3 is 0 Å². The second-order valence-corrected chi connectivity index (χ2v) is 5.74. The fourth-order valence-electron chi connectivity index (χ4n) is 1.82. The zero-order valence-electron chi connectivity index (χ0n) is 11.5. The van der Waals surface area contributed by atoms with Crippen LogP contribution in [0.3, 0.4) is 0 Å². The molecule has 0 saturated heterocycles. The van der Waals surface area contributed by atoms with Crippen molar-refractivity contribution in [2.75, 3.05) is 5.75 Å². The zero-order chi connectivity index (χ0) is 14.5. The Hall–Kier alpha value is -1.88. The predicted molar refractivity (Wildman–Crippen MR) is 83.8 cm³/mol. The number of allylic oxidation sites excluding steroid dienone is 1. The van der Waals surface area contributed by atoms with Crippen LogP contribution in [0.25, 0.3) is 17.0 Å². The van der Waals surface area contributed by atoms with Gasteiger partial charge in [0.15, 0.2) is 5.12 Å². The number of nitrogens with zero attached hydrogens (tertiary/aromatic N) is 2. The van der Waals surface area contributed by atoms with Crippen LogP contribution in [-0.4, -0.2) is 20.4 Å². The van der Waals surface area contributed by atoms with E-state index in [2.05, 4.69) is 4.98 Å². The summed E-state index contributed by atoms with van der Waals surface area (Å²) in [5.41, 5.74) is 1.63. The zero-order valence-corrected chi connectivity index (χ0v) is 12.3. The molecular weight excluding hydrogens is 272 g/mol. The molecule has 0 N–H and O–H groups in total. The maximum absolute atomic E-state index is 12.0. The van der Waals surface area contributed by atoms with Crippen LogP contribution in [0.5, 0.6) is 0 Å². The topological polar surface area (TPSA) is 52.0 Å². The second-order valence-electron chi connectivity index (χ2n) is 4.47. The van der Waals surface area contributed by atoms with Crippen LogP contribution in [0.2, 0.25) is 0 Å². The molecule has 0 unspecified atom stereocenters. The van der Waals surface area contributed by atoms with E-state index >= 15 is 0 Å². The van der Waals surface area contributed by atoms with Gasteiger partial charge in [-0.25, -0.2) is 4.98 Å². The fourth-order valence-corrected chi connectivity index (χ4v) is 2.36. The van der Waals surface area contributed by atoms with Crippen molar-refractivity contribution in [1.29, 1.82) is 0 Å². The SMILES string of the molecule is CC(=O)SCCC=Cc1ccc2ncn(C)c(=O)c2c1. The molecule has 0 saturated carbocycles. The maximum Gasteiger partial charge on any atom is 0.260 e. The number of hydrogen-bond acceptors (Lipinski definition) is 4. The summed E-state index contributed by atoms with van der Waals surface area (Å²) in [7, 11) is 1.69. The summed E-state index contributed by atoms with van der Waals surface area (Å²) in [4.78, 5) is 27.0. The van der Waals surface area contributed by atoms with Crippen molar-refractivity contribution in [2.45, 2.75) is 13.3 Å². The Labute approximate surface area is 121 Å². The minimum absolute atomic E-state index is 0.0441. The summed E-state index contributed by atoms with van der Waals surface area (Å²) < 4.78 is 1.47. The van der Waals surface area contributed by atoms with Crippen LogP contribution in [0.4, 0.5) is 0 Å². The standard InChI is InChI=1S/C15H16N2O2S/c1-11(18)20-8-4-3-5-12-6-7-14-13(9-12)15(19)17(2)10-16-14/h3,5-7,9-10H,4,8H2,1-2H3. The Kier molecular flexibility index (Phi) is 4.74. The Morgan fingerprint density at radius 1 is 1.45 bits per heavy atom. The van der Waals surface area contributed by atoms with Crippen LogP contribution in [0.1, 0.15) is 18.9 Å². The first kappa shape index (κ1) is 14.5. The highest BCUT2D eigenvalue weighted by atomic mass is 32.2. The number of carbonyl (C=O) groups excluding carboxylic acids is 1. The monoisotopic (exact) mass is 288 g/mol. The number of aromatic nitrogens is 2. The molecular formula is C15H16N2O2S. The van der Waals surface area contributed by atoms with Gasteiger partial charge in [0.05, 0.1) is 17.2 Å². The first-order valence-electron chi connectivity index (χ1n) is 6.33. The number of carbonyl (C=O) groups is 1. The summed E-state index contributed by atoms with van der Waals surface area (Å²) >= 11 is 1.32. The number of fused-ring (bicyclic) bond motifs is 1. The third-order valence-corrected chi connectivity index (χ3v) is 3.69. The van der Waals surface area contributed by atoms with Gasteiger partial charge in [-0.2, -0.15) is 0 Å². The van der Waals surface area contributed by atoms with Crippen LogP contribution < -0.4 is 5.56 Å². The lowest BCUT2D eigenvalue weighted by molar-refractivity contribution is -0.109. The molecule has 0 aliphatic heterocycles. The molecule has 4 nitrogen and oxygen atoms in total. The van der Waals surface area contributed by atoms with Gasteiger partial charge in [0.2, 0.25) is 0 Å². The molecule has 2 aromatic rings. The van der Waals surface area contributed by atoms with E-state index in [1.54, 1.807) is 14.0 Å². The largest absolute Gasteiger partial charge is 0.302 e. The third-order valence-electron chi connectivity index (χ3n) is 2.84. The van der Waals surface area contributed by atoms with Crippen molar-refractivity contribution < 1.29 is 4.79 Å². The van der Waals surface area contributed by atoms with E-state index in [0.29, 0.717) is 10.9 Å². The van der Waals surface area contributed by atoms with Crippen molar-refractivity contribution in [3.05, 3.63) is 46.5 Å². The molecule has 1 aromatic carbocycles. The molecule has 104 valence electrons. The van der Waals surface area contributed by atoms with Gasteiger partial charge in [-0.15, -0.1) is 0 Å². The van der Waals surface area contributed by atoms with Crippen molar-refractivity contribution in [3.63, 3.8) is 0 Å². The van der Waals surface area contributed by atoms with E-state index in [9.17, 15) is 9.59 Å². The normalized spacial score (nSPS) is 11.3. The molecule has 0 aliphatic carbocycles. The fraction of sp³-hybridized carbons (Fsp3) is 0.267. The van der Waals surface area contributed by atoms with Crippen molar-refractivity contribution in [1.82, 2.24) is 9.55 Å². The molecule has 0 spiro atoms. The lowest BCUT2D eigenvalue weighted by Crippen LogP contribution is -2.16. The van der Waals surface area contributed by atoms with Crippen molar-refractivity contribution in [3.8, 4) is 0 Å². The Morgan fingerprint density at radius 3 is 3.00 bits per heavy atom. The molecule has 0 aliphatic rings. The summed E-state index contributed by atoms with van der Waals surface area (Å²) in [6.07, 6.45) is 6.33. The van der Waals surface area contributed by atoms with E-state index in [0.717, 1.165) is 17.7 Å². The number of thioether (sulfide) groups is 1. The third kappa shape index (κ3) is 3.57. The lowest BCUT2D eigenvalue weighted by Gasteiger charge is -2.01. The molecule has 1 heterocycles. The van der Waals surface area contributed by atoms with Crippen molar-refractivity contribution in [2.24, 2.45) is 7.05 Å². The first-order valence-corrected chi connectivity index (χ1v) is 7.32. The predicted octanol–water partition coefficient (Wildman–Crippen LogP) is 2.62. The van der Waals surface area contributed by atoms with Gasteiger partial charge in [-0.05, 0) is 24.1 Å². The van der Waals surface area contributed by atoms with E-state index in [-0.39, 0.29) is 10.7 Å². The highest BCUT2D eigenvalue weighted by Gasteiger charge is 2.01. The molecule has 0 amide bonds. The summed E-state index contributed by atoms with van der Waals surface area (Å²) in [5, 5.41) is 0.758. The first-order chi connectivity index (χ1) is 9.58. The van der Waals surface area contributed by atoms with Crippen LogP contribution in [0.15, 0.2) is 35.4 Å². The minimum atomic E-state index is -0.0441. The molecule has 0 bridgehead atoms. The second kappa shape index (κ2) is 6.52. The van der Waals surface area contributed by atoms with Crippen molar-refractivity contribution >= 4 is 33.9 Å². The van der Waals surface area contributed by atoms with Gasteiger partial charge in [0.25, 0.3) is 5.56 Å². The van der Waals surface area contributed by atoms with Gasteiger partial charge in [0.1, 0.15) is 0 Å². The lowest BCUT2D eigenvalue weighted by atomic mass is 10.1. The molecule has 5 heteroatoms. The summed E-state index contributed by atoms with van der Waals surface area (Å²) in [5.74, 6) is 0.780. The quantitative estimate of drug-likeness (QED) is 0.812. The van der Waals surface area contributed by atoms with Gasteiger partial charge in [-0.1, -0.05) is 30.0 Å². The molecule has 0 atom stereocenters. The minimum Gasteiger partial charge on any atom is -0.302 e. The average molecular weight is 288 g/mol. The summed E-state index contributed by atoms with van der Waals surface area (Å²) in [6, 6.07) is 5.63. The number of hydrogen-bond donors (Lipinski definition) is 0. The number of rotatable bonds is 4.